The number of rotatable bonds is 6. The topological polar surface area (TPSA) is 101 Å². The van der Waals surface area contributed by atoms with Crippen molar-refractivity contribution in [2.45, 2.75) is 44.9 Å². The quantitative estimate of drug-likeness (QED) is 0.639. The third-order valence-electron chi connectivity index (χ3n) is 6.37. The van der Waals surface area contributed by atoms with E-state index in [1.54, 1.807) is 4.90 Å². The number of hydrogen-bond acceptors (Lipinski definition) is 5. The summed E-state index contributed by atoms with van der Waals surface area (Å²) in [6.45, 7) is 4.71. The minimum absolute atomic E-state index is 0. The number of halogens is 3. The van der Waals surface area contributed by atoms with Gasteiger partial charge in [0, 0.05) is 44.1 Å². The number of nitrogens with zero attached hydrogens (tertiary/aromatic N) is 2. The first-order chi connectivity index (χ1) is 15.7. The zero-order valence-corrected chi connectivity index (χ0v) is 19.6. The van der Waals surface area contributed by atoms with Gasteiger partial charge in [-0.15, -0.1) is 12.4 Å². The molecule has 2 N–H and O–H groups in total. The normalized spacial score (nSPS) is 21.0. The van der Waals surface area contributed by atoms with Gasteiger partial charge in [0.05, 0.1) is 11.6 Å². The van der Waals surface area contributed by atoms with Crippen LogP contribution in [-0.2, 0) is 16.8 Å². The zero-order valence-electron chi connectivity index (χ0n) is 18.8. The first kappa shape index (κ1) is 25.6. The van der Waals surface area contributed by atoms with Crippen molar-refractivity contribution >= 4 is 24.2 Å². The summed E-state index contributed by atoms with van der Waals surface area (Å²) in [7, 11) is 0. The standard InChI is InChI=1S/C23H25F2N3O5.ClH/c1-3-27-12-23(8-15(9-23)33-4-2)28-11-16(19(29)20(30)18(28)22(27)32)21(31)26-10-13-5-6-14(24)7-17(13)25;/h5-7,11,15,30H,3-4,8-10,12H2,1-2H3,(H,26,31);1H/t15-,23-;. The molecule has 11 heteroatoms. The van der Waals surface area contributed by atoms with Crippen molar-refractivity contribution in [3.8, 4) is 5.75 Å². The first-order valence-corrected chi connectivity index (χ1v) is 10.8. The van der Waals surface area contributed by atoms with Crippen LogP contribution in [0.15, 0.2) is 29.2 Å². The molecule has 2 amide bonds. The molecule has 4 rings (SSSR count). The average Bonchev–Trinajstić information content (AvgIpc) is 2.75. The lowest BCUT2D eigenvalue weighted by Gasteiger charge is -2.54. The first-order valence-electron chi connectivity index (χ1n) is 10.8. The number of likely N-dealkylation sites (N-methyl/N-ethyl adjacent to an activating group) is 1. The summed E-state index contributed by atoms with van der Waals surface area (Å²) >= 11 is 0. The molecule has 1 spiro atoms. The smallest absolute Gasteiger partial charge is 0.274 e. The van der Waals surface area contributed by atoms with Crippen LogP contribution in [0.4, 0.5) is 8.78 Å². The van der Waals surface area contributed by atoms with E-state index < -0.39 is 40.2 Å². The highest BCUT2D eigenvalue weighted by atomic mass is 35.5. The second-order valence-electron chi connectivity index (χ2n) is 8.39. The van der Waals surface area contributed by atoms with E-state index in [-0.39, 0.29) is 41.9 Å². The van der Waals surface area contributed by atoms with Gasteiger partial charge in [0.2, 0.25) is 5.43 Å². The molecule has 1 saturated carbocycles. The molecule has 0 atom stereocenters. The van der Waals surface area contributed by atoms with Gasteiger partial charge in [0.25, 0.3) is 11.8 Å². The van der Waals surface area contributed by atoms with Gasteiger partial charge in [-0.25, -0.2) is 8.78 Å². The molecule has 0 saturated heterocycles. The lowest BCUT2D eigenvalue weighted by atomic mass is 9.71. The molecule has 0 radical (unpaired) electrons. The summed E-state index contributed by atoms with van der Waals surface area (Å²) in [5.74, 6) is -3.70. The maximum absolute atomic E-state index is 13.9. The van der Waals surface area contributed by atoms with Crippen molar-refractivity contribution in [2.24, 2.45) is 0 Å². The van der Waals surface area contributed by atoms with Gasteiger partial charge in [0.15, 0.2) is 11.4 Å². The minimum atomic E-state index is -0.986. The summed E-state index contributed by atoms with van der Waals surface area (Å²) < 4.78 is 34.2. The van der Waals surface area contributed by atoms with Crippen LogP contribution >= 0.6 is 12.4 Å². The molecule has 1 aromatic heterocycles. The van der Waals surface area contributed by atoms with E-state index in [1.165, 1.54) is 16.8 Å². The highest BCUT2D eigenvalue weighted by Crippen LogP contribution is 2.46. The van der Waals surface area contributed by atoms with Crippen molar-refractivity contribution in [1.82, 2.24) is 14.8 Å². The third kappa shape index (κ3) is 4.27. The number of aromatic hydroxyl groups is 1. The fraction of sp³-hybridized carbons (Fsp3) is 0.435. The molecule has 0 bridgehead atoms. The molecule has 1 aromatic carbocycles. The lowest BCUT2D eigenvalue weighted by Crippen LogP contribution is -2.62. The lowest BCUT2D eigenvalue weighted by molar-refractivity contribution is -0.0842. The molecule has 2 aromatic rings. The second-order valence-corrected chi connectivity index (χ2v) is 8.39. The van der Waals surface area contributed by atoms with Crippen molar-refractivity contribution in [3.63, 3.8) is 0 Å². The van der Waals surface area contributed by atoms with Gasteiger partial charge in [0.1, 0.15) is 17.2 Å². The van der Waals surface area contributed by atoms with E-state index in [1.807, 2.05) is 13.8 Å². The number of ether oxygens (including phenoxy) is 1. The average molecular weight is 498 g/mol. The van der Waals surface area contributed by atoms with Gasteiger partial charge < -0.3 is 24.6 Å². The minimum Gasteiger partial charge on any atom is -0.503 e. The van der Waals surface area contributed by atoms with Crippen molar-refractivity contribution < 1.29 is 28.2 Å². The van der Waals surface area contributed by atoms with Gasteiger partial charge in [-0.1, -0.05) is 6.07 Å². The molecular weight excluding hydrogens is 472 g/mol. The summed E-state index contributed by atoms with van der Waals surface area (Å²) in [5, 5.41) is 13.1. The predicted octanol–water partition coefficient (Wildman–Crippen LogP) is 2.55. The Bertz CT molecular complexity index is 1180. The largest absolute Gasteiger partial charge is 0.503 e. The molecule has 34 heavy (non-hydrogen) atoms. The van der Waals surface area contributed by atoms with Crippen LogP contribution in [-0.4, -0.2) is 52.2 Å². The maximum Gasteiger partial charge on any atom is 0.274 e. The number of nitrogens with one attached hydrogen (secondary N) is 1. The predicted molar refractivity (Wildman–Crippen MR) is 121 cm³/mol. The van der Waals surface area contributed by atoms with Crippen molar-refractivity contribution in [2.75, 3.05) is 19.7 Å². The Balaban J connectivity index is 0.00000324. The second kappa shape index (κ2) is 9.71. The van der Waals surface area contributed by atoms with Gasteiger partial charge in [-0.3, -0.25) is 14.4 Å². The Morgan fingerprint density at radius 2 is 1.97 bits per heavy atom. The monoisotopic (exact) mass is 497 g/mol. The molecular formula is C23H26ClF2N3O5. The number of carbonyl (C=O) groups excluding carboxylic acids is 2. The molecule has 184 valence electrons. The Hall–Kier alpha value is -2.98. The summed E-state index contributed by atoms with van der Waals surface area (Å²) in [6, 6.07) is 2.95. The molecule has 2 aliphatic rings. The molecule has 2 heterocycles. The van der Waals surface area contributed by atoms with Gasteiger partial charge in [-0.05, 0) is 32.8 Å². The van der Waals surface area contributed by atoms with E-state index in [0.717, 1.165) is 6.07 Å². The van der Waals surface area contributed by atoms with E-state index >= 15 is 0 Å². The van der Waals surface area contributed by atoms with Crippen LogP contribution < -0.4 is 10.7 Å². The summed E-state index contributed by atoms with van der Waals surface area (Å²) in [4.78, 5) is 40.1. The summed E-state index contributed by atoms with van der Waals surface area (Å²) in [5.41, 5.74) is -2.07. The Labute approximate surface area is 200 Å². The molecule has 1 aliphatic heterocycles. The van der Waals surface area contributed by atoms with Crippen molar-refractivity contribution in [1.29, 1.82) is 0 Å². The molecule has 0 unspecified atom stereocenters. The number of aromatic nitrogens is 1. The zero-order chi connectivity index (χ0) is 23.9. The van der Waals surface area contributed by atoms with E-state index in [0.29, 0.717) is 38.6 Å². The Morgan fingerprint density at radius 3 is 2.59 bits per heavy atom. The fourth-order valence-corrected chi connectivity index (χ4v) is 4.65. The number of amides is 2. The van der Waals surface area contributed by atoms with Crippen LogP contribution in [0.2, 0.25) is 0 Å². The number of carbonyl (C=O) groups is 2. The van der Waals surface area contributed by atoms with Crippen LogP contribution in [0.3, 0.4) is 0 Å². The fourth-order valence-electron chi connectivity index (χ4n) is 4.65. The maximum atomic E-state index is 13.9. The van der Waals surface area contributed by atoms with Gasteiger partial charge >= 0.3 is 0 Å². The third-order valence-corrected chi connectivity index (χ3v) is 6.37. The van der Waals surface area contributed by atoms with E-state index in [2.05, 4.69) is 5.32 Å². The van der Waals surface area contributed by atoms with Crippen LogP contribution in [0, 0.1) is 11.6 Å². The van der Waals surface area contributed by atoms with Gasteiger partial charge in [-0.2, -0.15) is 0 Å². The molecule has 1 fully saturated rings. The van der Waals surface area contributed by atoms with E-state index in [4.69, 9.17) is 4.74 Å². The highest BCUT2D eigenvalue weighted by molar-refractivity contribution is 5.99. The number of pyridine rings is 1. The number of benzene rings is 1. The van der Waals surface area contributed by atoms with Crippen LogP contribution in [0.1, 0.15) is 53.1 Å². The summed E-state index contributed by atoms with van der Waals surface area (Å²) in [6.07, 6.45) is 2.37. The molecule has 8 nitrogen and oxygen atoms in total. The molecule has 1 aliphatic carbocycles. The SMILES string of the molecule is CCO[C@H]1C[C@@]2(CN(CC)C(=O)c3c(O)c(=O)c(C(=O)NCc4ccc(F)cc4F)cn32)C1.Cl. The Kier molecular flexibility index (Phi) is 7.32. The van der Waals surface area contributed by atoms with Crippen LogP contribution in [0.5, 0.6) is 5.75 Å². The number of fused-ring (bicyclic) bond motifs is 2. The highest BCUT2D eigenvalue weighted by Gasteiger charge is 2.52. The van der Waals surface area contributed by atoms with Crippen LogP contribution in [0.25, 0.3) is 0 Å². The van der Waals surface area contributed by atoms with Crippen molar-refractivity contribution in [3.05, 3.63) is 63.1 Å². The van der Waals surface area contributed by atoms with E-state index in [9.17, 15) is 28.3 Å². The Morgan fingerprint density at radius 1 is 1.26 bits per heavy atom. The number of hydrogen-bond donors (Lipinski definition) is 2.